The number of hydrogen-bond donors (Lipinski definition) is 0. The van der Waals surface area contributed by atoms with E-state index in [1.165, 1.54) is 54.6 Å². The summed E-state index contributed by atoms with van der Waals surface area (Å²) in [4.78, 5) is 9.30. The first-order valence-electron chi connectivity index (χ1n) is 24.1. The van der Waals surface area contributed by atoms with Gasteiger partial charge in [0.05, 0.1) is 5.69 Å². The molecule has 330 valence electrons. The van der Waals surface area contributed by atoms with Crippen LogP contribution in [0.3, 0.4) is 0 Å². The van der Waals surface area contributed by atoms with Crippen molar-refractivity contribution in [2.24, 2.45) is 0 Å². The maximum absolute atomic E-state index is 6.77. The normalized spacial score (nSPS) is 12.8. The number of benzene rings is 11. The van der Waals surface area contributed by atoms with E-state index in [0.717, 1.165) is 78.0 Å². The van der Waals surface area contributed by atoms with Gasteiger partial charge in [-0.25, -0.2) is 0 Å². The lowest BCUT2D eigenvalue weighted by atomic mass is 9.81. The van der Waals surface area contributed by atoms with E-state index in [9.17, 15) is 0 Å². The van der Waals surface area contributed by atoms with Crippen molar-refractivity contribution >= 4 is 99.2 Å². The number of hydrogen-bond acceptors (Lipinski definition) is 4. The Morgan fingerprint density at radius 2 is 0.986 bits per heavy atom. The Labute approximate surface area is 405 Å². The molecule has 0 spiro atoms. The highest BCUT2D eigenvalue weighted by atomic mass is 16.3. The zero-order valence-corrected chi connectivity index (χ0v) is 38.8. The van der Waals surface area contributed by atoms with Gasteiger partial charge < -0.3 is 14.2 Å². The van der Waals surface area contributed by atoms with Crippen molar-refractivity contribution in [1.82, 2.24) is 4.98 Å². The van der Waals surface area contributed by atoms with Crippen LogP contribution in [0.15, 0.2) is 241 Å². The summed E-state index contributed by atoms with van der Waals surface area (Å²) >= 11 is 0. The van der Waals surface area contributed by atoms with Crippen molar-refractivity contribution in [1.29, 1.82) is 0 Å². The summed E-state index contributed by atoms with van der Waals surface area (Å²) in [7, 11) is 0. The van der Waals surface area contributed by atoms with Crippen LogP contribution in [0, 0.1) is 0 Å². The molecule has 0 aliphatic heterocycles. The Morgan fingerprint density at radius 1 is 0.371 bits per heavy atom. The molecule has 11 aromatic carbocycles. The summed E-state index contributed by atoms with van der Waals surface area (Å²) in [6.45, 7) is 4.75. The third-order valence-electron chi connectivity index (χ3n) is 14.8. The molecule has 0 fully saturated rings. The van der Waals surface area contributed by atoms with Crippen molar-refractivity contribution < 1.29 is 4.42 Å². The predicted molar refractivity (Wildman–Crippen MR) is 294 cm³/mol. The van der Waals surface area contributed by atoms with Crippen molar-refractivity contribution in [3.8, 4) is 22.3 Å². The van der Waals surface area contributed by atoms with Gasteiger partial charge in [0.25, 0.3) is 0 Å². The number of nitrogens with zero attached hydrogens (tertiary/aromatic N) is 3. The molecular formula is C66H45N3O. The Bertz CT molecular complexity index is 4230. The van der Waals surface area contributed by atoms with Crippen LogP contribution in [0.1, 0.15) is 25.0 Å². The lowest BCUT2D eigenvalue weighted by Crippen LogP contribution is -2.21. The molecule has 0 amide bonds. The minimum atomic E-state index is -0.249. The highest BCUT2D eigenvalue weighted by Gasteiger charge is 2.39. The first-order chi connectivity index (χ1) is 34.5. The zero-order valence-electron chi connectivity index (χ0n) is 38.8. The summed E-state index contributed by atoms with van der Waals surface area (Å²) in [6.07, 6.45) is 3.81. The molecule has 0 atom stereocenters. The van der Waals surface area contributed by atoms with Crippen LogP contribution < -0.4 is 9.80 Å². The molecular weight excluding hydrogens is 851 g/mol. The second-order valence-corrected chi connectivity index (χ2v) is 19.2. The van der Waals surface area contributed by atoms with Gasteiger partial charge in [-0.2, -0.15) is 0 Å². The molecule has 2 heterocycles. The molecule has 14 rings (SSSR count). The molecule has 0 saturated carbocycles. The maximum Gasteiger partial charge on any atom is 0.136 e. The Morgan fingerprint density at radius 3 is 1.73 bits per heavy atom. The standard InChI is InChI=1S/C66H45N3O/c1-66(2)61-26-14-13-24-55(61)56-25-15-27-62(65(56)66)69(47-18-7-4-8-19-47)50-36-45(35-49(38-50)68(46-16-5-3-6-17-46)48-30-28-44-41-67-33-32-43(44)34-48)42-29-31-63-59(37-42)60-39-57-53-22-11-9-20-51(53)52-21-10-12-23-54(52)58(57)40-64(60)70-63/h3-41H,1-2H3. The molecule has 13 aromatic rings. The van der Waals surface area contributed by atoms with Gasteiger partial charge in [-0.05, 0) is 162 Å². The predicted octanol–water partition coefficient (Wildman–Crippen LogP) is 18.5. The summed E-state index contributed by atoms with van der Waals surface area (Å²) in [6, 6.07) is 82.0. The molecule has 0 N–H and O–H groups in total. The van der Waals surface area contributed by atoms with Crippen LogP contribution in [0.2, 0.25) is 0 Å². The second-order valence-electron chi connectivity index (χ2n) is 19.2. The van der Waals surface area contributed by atoms with Crippen LogP contribution in [-0.4, -0.2) is 4.98 Å². The molecule has 0 unspecified atom stereocenters. The summed E-state index contributed by atoms with van der Waals surface area (Å²) in [5.74, 6) is 0. The van der Waals surface area contributed by atoms with E-state index in [-0.39, 0.29) is 5.41 Å². The third-order valence-corrected chi connectivity index (χ3v) is 14.8. The lowest BCUT2D eigenvalue weighted by molar-refractivity contribution is 0.661. The number of anilines is 6. The monoisotopic (exact) mass is 895 g/mol. The molecule has 0 radical (unpaired) electrons. The smallest absolute Gasteiger partial charge is 0.136 e. The fourth-order valence-corrected chi connectivity index (χ4v) is 11.6. The van der Waals surface area contributed by atoms with Crippen LogP contribution in [0.5, 0.6) is 0 Å². The van der Waals surface area contributed by atoms with Crippen LogP contribution >= 0.6 is 0 Å². The average molecular weight is 896 g/mol. The first-order valence-corrected chi connectivity index (χ1v) is 24.1. The number of pyridine rings is 1. The zero-order chi connectivity index (χ0) is 46.5. The van der Waals surface area contributed by atoms with E-state index in [0.29, 0.717) is 0 Å². The lowest BCUT2D eigenvalue weighted by Gasteiger charge is -2.33. The van der Waals surface area contributed by atoms with Gasteiger partial charge in [0.2, 0.25) is 0 Å². The van der Waals surface area contributed by atoms with Crippen molar-refractivity contribution in [2.45, 2.75) is 19.3 Å². The van der Waals surface area contributed by atoms with E-state index in [4.69, 9.17) is 4.42 Å². The Hall–Kier alpha value is -8.99. The highest BCUT2D eigenvalue weighted by molar-refractivity contribution is 6.28. The molecule has 1 aliphatic carbocycles. The minimum Gasteiger partial charge on any atom is -0.456 e. The Balaban J connectivity index is 1.04. The van der Waals surface area contributed by atoms with Crippen LogP contribution in [0.4, 0.5) is 34.1 Å². The number of para-hydroxylation sites is 2. The van der Waals surface area contributed by atoms with Crippen LogP contribution in [0.25, 0.3) is 87.3 Å². The molecule has 4 heteroatoms. The number of aromatic nitrogens is 1. The van der Waals surface area contributed by atoms with E-state index >= 15 is 0 Å². The molecule has 4 nitrogen and oxygen atoms in total. The van der Waals surface area contributed by atoms with E-state index in [2.05, 4.69) is 253 Å². The van der Waals surface area contributed by atoms with E-state index < -0.39 is 0 Å². The molecule has 2 aromatic heterocycles. The topological polar surface area (TPSA) is 32.5 Å². The molecule has 70 heavy (non-hydrogen) atoms. The summed E-state index contributed by atoms with van der Waals surface area (Å²) < 4.78 is 6.77. The number of rotatable bonds is 7. The van der Waals surface area contributed by atoms with E-state index in [1.807, 2.05) is 12.4 Å². The molecule has 0 saturated heterocycles. The first kappa shape index (κ1) is 40.1. The highest BCUT2D eigenvalue weighted by Crippen LogP contribution is 2.55. The maximum atomic E-state index is 6.77. The van der Waals surface area contributed by atoms with Gasteiger partial charge in [0, 0.05) is 62.4 Å². The van der Waals surface area contributed by atoms with Gasteiger partial charge in [0.15, 0.2) is 0 Å². The number of fused-ring (bicyclic) bond motifs is 13. The SMILES string of the molecule is CC1(C)c2ccccc2-c2cccc(N(c3ccccc3)c3cc(-c4ccc5oc6cc7c8ccccc8c8ccccc8c7cc6c5c4)cc(N(c4ccccc4)c4ccc5cnccc5c4)c3)c21. The summed E-state index contributed by atoms with van der Waals surface area (Å²) in [5, 5.41) is 11.8. The number of furan rings is 1. The molecule has 1 aliphatic rings. The van der Waals surface area contributed by atoms with Crippen LogP contribution in [-0.2, 0) is 5.41 Å². The largest absolute Gasteiger partial charge is 0.456 e. The average Bonchev–Trinajstić information content (AvgIpc) is 3.89. The van der Waals surface area contributed by atoms with E-state index in [1.54, 1.807) is 0 Å². The molecule has 0 bridgehead atoms. The third kappa shape index (κ3) is 6.20. The van der Waals surface area contributed by atoms with Crippen molar-refractivity contribution in [3.63, 3.8) is 0 Å². The van der Waals surface area contributed by atoms with Crippen molar-refractivity contribution in [2.75, 3.05) is 9.80 Å². The second kappa shape index (κ2) is 15.5. The minimum absolute atomic E-state index is 0.249. The quantitative estimate of drug-likeness (QED) is 0.149. The summed E-state index contributed by atoms with van der Waals surface area (Å²) in [5.41, 5.74) is 15.3. The van der Waals surface area contributed by atoms with Gasteiger partial charge in [-0.1, -0.05) is 147 Å². The van der Waals surface area contributed by atoms with Gasteiger partial charge in [0.1, 0.15) is 11.2 Å². The van der Waals surface area contributed by atoms with Gasteiger partial charge in [-0.3, -0.25) is 4.98 Å². The van der Waals surface area contributed by atoms with Gasteiger partial charge >= 0.3 is 0 Å². The Kier molecular flexibility index (Phi) is 8.90. The van der Waals surface area contributed by atoms with Crippen molar-refractivity contribution in [3.05, 3.63) is 248 Å². The fraction of sp³-hybridized carbons (Fsp3) is 0.0455. The van der Waals surface area contributed by atoms with Gasteiger partial charge in [-0.15, -0.1) is 0 Å². The fourth-order valence-electron chi connectivity index (χ4n) is 11.6.